The third-order valence-corrected chi connectivity index (χ3v) is 3.31. The Labute approximate surface area is 101 Å². The van der Waals surface area contributed by atoms with E-state index in [1.165, 1.54) is 4.68 Å². The normalized spacial score (nSPS) is 19.7. The summed E-state index contributed by atoms with van der Waals surface area (Å²) >= 11 is 0. The van der Waals surface area contributed by atoms with E-state index in [2.05, 4.69) is 5.10 Å². The Balaban J connectivity index is 2.41. The Morgan fingerprint density at radius 1 is 1.56 bits per heavy atom. The molecule has 2 rings (SSSR count). The second-order valence-electron chi connectivity index (χ2n) is 4.38. The van der Waals surface area contributed by atoms with Gasteiger partial charge in [-0.2, -0.15) is 18.3 Å². The van der Waals surface area contributed by atoms with Crippen LogP contribution >= 0.6 is 0 Å². The molecule has 1 aromatic heterocycles. The summed E-state index contributed by atoms with van der Waals surface area (Å²) in [5.41, 5.74) is 0.647. The largest absolute Gasteiger partial charge is 0.476 e. The number of carbonyl (C=O) groups is 1. The molecular formula is C11H13F3N2O2. The van der Waals surface area contributed by atoms with Crippen molar-refractivity contribution in [1.82, 2.24) is 9.78 Å². The van der Waals surface area contributed by atoms with E-state index >= 15 is 0 Å². The molecule has 1 aromatic rings. The first-order valence-corrected chi connectivity index (χ1v) is 5.73. The first-order chi connectivity index (χ1) is 8.34. The van der Waals surface area contributed by atoms with Crippen LogP contribution in [-0.4, -0.2) is 27.0 Å². The standard InChI is InChI=1S/C11H13F3N2O2/c1-2-16-8-4-3-6(11(12,13)14)5-7(8)9(15-16)10(17)18/h6H,2-5H2,1H3,(H,17,18). The maximum absolute atomic E-state index is 12.7. The van der Waals surface area contributed by atoms with E-state index in [9.17, 15) is 18.0 Å². The number of carboxylic acid groups (broad SMARTS) is 1. The smallest absolute Gasteiger partial charge is 0.392 e. The molecule has 0 bridgehead atoms. The number of aromatic carboxylic acids is 1. The molecule has 1 N–H and O–H groups in total. The zero-order chi connectivity index (χ0) is 13.5. The van der Waals surface area contributed by atoms with Gasteiger partial charge in [-0.15, -0.1) is 0 Å². The summed E-state index contributed by atoms with van der Waals surface area (Å²) in [6, 6.07) is 0. The second kappa shape index (κ2) is 4.29. The van der Waals surface area contributed by atoms with Crippen molar-refractivity contribution in [3.8, 4) is 0 Å². The van der Waals surface area contributed by atoms with Crippen molar-refractivity contribution in [3.05, 3.63) is 17.0 Å². The van der Waals surface area contributed by atoms with Gasteiger partial charge in [0.15, 0.2) is 5.69 Å². The topological polar surface area (TPSA) is 55.1 Å². The van der Waals surface area contributed by atoms with E-state index in [0.29, 0.717) is 12.2 Å². The van der Waals surface area contributed by atoms with Gasteiger partial charge >= 0.3 is 12.1 Å². The van der Waals surface area contributed by atoms with Gasteiger partial charge in [-0.25, -0.2) is 4.79 Å². The number of halogens is 3. The average molecular weight is 262 g/mol. The average Bonchev–Trinajstić information content (AvgIpc) is 2.65. The van der Waals surface area contributed by atoms with Gasteiger partial charge in [-0.1, -0.05) is 0 Å². The van der Waals surface area contributed by atoms with Crippen LogP contribution in [0.5, 0.6) is 0 Å². The predicted molar refractivity (Wildman–Crippen MR) is 56.4 cm³/mol. The number of alkyl halides is 3. The van der Waals surface area contributed by atoms with Crippen LogP contribution in [0.25, 0.3) is 0 Å². The number of aromatic nitrogens is 2. The number of rotatable bonds is 2. The fourth-order valence-corrected chi connectivity index (χ4v) is 2.40. The summed E-state index contributed by atoms with van der Waals surface area (Å²) < 4.78 is 39.5. The van der Waals surface area contributed by atoms with Gasteiger partial charge in [0.2, 0.25) is 0 Å². The van der Waals surface area contributed by atoms with Crippen molar-refractivity contribution >= 4 is 5.97 Å². The Hall–Kier alpha value is -1.53. The Morgan fingerprint density at radius 3 is 2.72 bits per heavy atom. The fraction of sp³-hybridized carbons (Fsp3) is 0.636. The summed E-state index contributed by atoms with van der Waals surface area (Å²) in [6.07, 6.45) is -4.32. The zero-order valence-electron chi connectivity index (χ0n) is 9.79. The van der Waals surface area contributed by atoms with Crippen molar-refractivity contribution in [2.75, 3.05) is 0 Å². The molecule has 0 aromatic carbocycles. The van der Waals surface area contributed by atoms with Crippen LogP contribution in [0, 0.1) is 5.92 Å². The van der Waals surface area contributed by atoms with Gasteiger partial charge in [0.1, 0.15) is 0 Å². The maximum atomic E-state index is 12.7. The quantitative estimate of drug-likeness (QED) is 0.889. The monoisotopic (exact) mass is 262 g/mol. The highest BCUT2D eigenvalue weighted by atomic mass is 19.4. The lowest BCUT2D eigenvalue weighted by atomic mass is 9.86. The van der Waals surface area contributed by atoms with Crippen LogP contribution < -0.4 is 0 Å². The molecule has 100 valence electrons. The first kappa shape index (κ1) is 12.9. The molecule has 7 heteroatoms. The molecule has 1 aliphatic rings. The van der Waals surface area contributed by atoms with Gasteiger partial charge in [0, 0.05) is 17.8 Å². The van der Waals surface area contributed by atoms with Crippen LogP contribution in [0.2, 0.25) is 0 Å². The summed E-state index contributed by atoms with van der Waals surface area (Å²) in [7, 11) is 0. The first-order valence-electron chi connectivity index (χ1n) is 5.73. The number of fused-ring (bicyclic) bond motifs is 1. The highest BCUT2D eigenvalue weighted by Gasteiger charge is 2.43. The fourth-order valence-electron chi connectivity index (χ4n) is 2.40. The van der Waals surface area contributed by atoms with Crippen LogP contribution in [0.3, 0.4) is 0 Å². The van der Waals surface area contributed by atoms with Crippen molar-refractivity contribution in [2.45, 2.75) is 38.9 Å². The molecule has 1 heterocycles. The Kier molecular flexibility index (Phi) is 3.08. The van der Waals surface area contributed by atoms with Crippen molar-refractivity contribution in [2.24, 2.45) is 5.92 Å². The third-order valence-electron chi connectivity index (χ3n) is 3.31. The van der Waals surface area contributed by atoms with Crippen molar-refractivity contribution < 1.29 is 23.1 Å². The minimum atomic E-state index is -4.28. The van der Waals surface area contributed by atoms with Gasteiger partial charge in [0.05, 0.1) is 5.92 Å². The lowest BCUT2D eigenvalue weighted by Crippen LogP contribution is -2.29. The summed E-state index contributed by atoms with van der Waals surface area (Å²) in [4.78, 5) is 11.0. The van der Waals surface area contributed by atoms with Crippen LogP contribution in [-0.2, 0) is 19.4 Å². The van der Waals surface area contributed by atoms with E-state index in [1.807, 2.05) is 0 Å². The molecule has 0 spiro atoms. The van der Waals surface area contributed by atoms with Crippen LogP contribution in [0.1, 0.15) is 35.1 Å². The SMILES string of the molecule is CCn1nc(C(=O)O)c2c1CCC(C(F)(F)F)C2. The molecule has 0 aliphatic heterocycles. The van der Waals surface area contributed by atoms with Crippen LogP contribution in [0.4, 0.5) is 13.2 Å². The van der Waals surface area contributed by atoms with E-state index in [4.69, 9.17) is 5.11 Å². The molecule has 1 unspecified atom stereocenters. The molecule has 18 heavy (non-hydrogen) atoms. The summed E-state index contributed by atoms with van der Waals surface area (Å²) in [5, 5.41) is 12.9. The van der Waals surface area contributed by atoms with E-state index in [1.54, 1.807) is 6.92 Å². The number of hydrogen-bond acceptors (Lipinski definition) is 2. The molecule has 0 fully saturated rings. The molecule has 0 saturated carbocycles. The summed E-state index contributed by atoms with van der Waals surface area (Å²) in [5.74, 6) is -2.72. The number of aryl methyl sites for hydroxylation is 1. The number of carboxylic acids is 1. The minimum absolute atomic E-state index is 0.00124. The molecule has 0 amide bonds. The van der Waals surface area contributed by atoms with Gasteiger partial charge in [-0.05, 0) is 26.2 Å². The third kappa shape index (κ3) is 2.09. The Morgan fingerprint density at radius 2 is 2.22 bits per heavy atom. The lowest BCUT2D eigenvalue weighted by molar-refractivity contribution is -0.177. The second-order valence-corrected chi connectivity index (χ2v) is 4.38. The zero-order valence-corrected chi connectivity index (χ0v) is 9.79. The lowest BCUT2D eigenvalue weighted by Gasteiger charge is -2.25. The molecule has 1 atom stereocenters. The van der Waals surface area contributed by atoms with E-state index in [-0.39, 0.29) is 30.5 Å². The van der Waals surface area contributed by atoms with Gasteiger partial charge in [-0.3, -0.25) is 4.68 Å². The summed E-state index contributed by atoms with van der Waals surface area (Å²) in [6.45, 7) is 2.25. The molecule has 4 nitrogen and oxygen atoms in total. The predicted octanol–water partition coefficient (Wildman–Crippen LogP) is 2.27. The molecule has 1 aliphatic carbocycles. The number of hydrogen-bond donors (Lipinski definition) is 1. The van der Waals surface area contributed by atoms with Gasteiger partial charge in [0.25, 0.3) is 0 Å². The highest BCUT2D eigenvalue weighted by Crippen LogP contribution is 2.38. The molecule has 0 radical (unpaired) electrons. The molecule has 0 saturated heterocycles. The van der Waals surface area contributed by atoms with E-state index in [0.717, 1.165) is 0 Å². The number of nitrogens with zero attached hydrogens (tertiary/aromatic N) is 2. The van der Waals surface area contributed by atoms with Crippen LogP contribution in [0.15, 0.2) is 0 Å². The molecular weight excluding hydrogens is 249 g/mol. The van der Waals surface area contributed by atoms with E-state index < -0.39 is 18.1 Å². The van der Waals surface area contributed by atoms with Crippen molar-refractivity contribution in [3.63, 3.8) is 0 Å². The highest BCUT2D eigenvalue weighted by molar-refractivity contribution is 5.87. The van der Waals surface area contributed by atoms with Gasteiger partial charge < -0.3 is 5.11 Å². The van der Waals surface area contributed by atoms with Crippen molar-refractivity contribution in [1.29, 1.82) is 0 Å². The minimum Gasteiger partial charge on any atom is -0.476 e. The maximum Gasteiger partial charge on any atom is 0.392 e. The Bertz CT molecular complexity index is 479.